The molecular formula is C53H49N. The largest absolute Gasteiger partial charge is 0.310 e. The third-order valence-corrected chi connectivity index (χ3v) is 12.5. The second-order valence-corrected chi connectivity index (χ2v) is 17.3. The molecule has 0 radical (unpaired) electrons. The molecule has 1 heteroatoms. The maximum absolute atomic E-state index is 2.53. The molecule has 0 atom stereocenters. The summed E-state index contributed by atoms with van der Waals surface area (Å²) < 4.78 is 0. The SMILES string of the molecule is CC1(C)CCC(C)(C)c2cc(-c3cc4c(cc3N(c3ccccc3)c3ccc(-c5cccc(-c6ccccc6)c5)cc3)C(C)(C)c3ccccc3-4)ccc21. The monoisotopic (exact) mass is 699 g/mol. The Hall–Kier alpha value is -5.66. The van der Waals surface area contributed by atoms with Crippen LogP contribution in [0.15, 0.2) is 164 Å². The van der Waals surface area contributed by atoms with E-state index in [1.807, 2.05) is 0 Å². The Morgan fingerprint density at radius 1 is 0.352 bits per heavy atom. The molecule has 0 bridgehead atoms. The molecular weight excluding hydrogens is 651 g/mol. The number of nitrogens with zero attached hydrogens (tertiary/aromatic N) is 1. The molecule has 0 saturated heterocycles. The zero-order chi connectivity index (χ0) is 37.2. The zero-order valence-electron chi connectivity index (χ0n) is 32.4. The van der Waals surface area contributed by atoms with Crippen LogP contribution >= 0.6 is 0 Å². The topological polar surface area (TPSA) is 3.24 Å². The highest BCUT2D eigenvalue weighted by Gasteiger charge is 2.39. The first kappa shape index (κ1) is 34.1. The van der Waals surface area contributed by atoms with Gasteiger partial charge in [-0.25, -0.2) is 0 Å². The van der Waals surface area contributed by atoms with Crippen LogP contribution in [0.1, 0.15) is 76.6 Å². The van der Waals surface area contributed by atoms with Gasteiger partial charge in [0, 0.05) is 22.4 Å². The highest BCUT2D eigenvalue weighted by Crippen LogP contribution is 2.54. The summed E-state index contributed by atoms with van der Waals surface area (Å²) in [5.41, 5.74) is 19.5. The van der Waals surface area contributed by atoms with Gasteiger partial charge < -0.3 is 4.90 Å². The second kappa shape index (κ2) is 12.7. The van der Waals surface area contributed by atoms with Gasteiger partial charge in [-0.3, -0.25) is 0 Å². The predicted molar refractivity (Wildman–Crippen MR) is 230 cm³/mol. The average Bonchev–Trinajstić information content (AvgIpc) is 3.42. The normalized spacial score (nSPS) is 15.9. The minimum atomic E-state index is -0.128. The molecule has 0 saturated carbocycles. The summed E-state index contributed by atoms with van der Waals surface area (Å²) in [6.07, 6.45) is 2.39. The van der Waals surface area contributed by atoms with Gasteiger partial charge in [0.15, 0.2) is 0 Å². The zero-order valence-corrected chi connectivity index (χ0v) is 32.4. The van der Waals surface area contributed by atoms with Gasteiger partial charge in [0.2, 0.25) is 0 Å². The van der Waals surface area contributed by atoms with E-state index in [1.165, 1.54) is 85.3 Å². The number of rotatable bonds is 6. The summed E-state index contributed by atoms with van der Waals surface area (Å²) in [7, 11) is 0. The number of hydrogen-bond acceptors (Lipinski definition) is 1. The van der Waals surface area contributed by atoms with Crippen LogP contribution in [0.25, 0.3) is 44.5 Å². The van der Waals surface area contributed by atoms with Crippen LogP contribution in [0.4, 0.5) is 17.1 Å². The lowest BCUT2D eigenvalue weighted by atomic mass is 9.63. The summed E-state index contributed by atoms with van der Waals surface area (Å²) in [6.45, 7) is 14.5. The van der Waals surface area contributed by atoms with E-state index in [-0.39, 0.29) is 16.2 Å². The summed E-state index contributed by atoms with van der Waals surface area (Å²) in [6, 6.07) is 61.0. The first-order valence-corrected chi connectivity index (χ1v) is 19.6. The van der Waals surface area contributed by atoms with Crippen molar-refractivity contribution >= 4 is 17.1 Å². The molecule has 0 aromatic heterocycles. The Labute approximate surface area is 322 Å². The van der Waals surface area contributed by atoms with Crippen LogP contribution in [-0.2, 0) is 16.2 Å². The fraction of sp³-hybridized carbons (Fsp3) is 0.208. The number of hydrogen-bond donors (Lipinski definition) is 0. The van der Waals surface area contributed by atoms with Crippen molar-refractivity contribution in [2.45, 2.75) is 70.6 Å². The summed E-state index contributed by atoms with van der Waals surface area (Å²) in [5.74, 6) is 0. The first-order chi connectivity index (χ1) is 26.0. The van der Waals surface area contributed by atoms with Crippen LogP contribution in [0.2, 0.25) is 0 Å². The van der Waals surface area contributed by atoms with E-state index in [0.29, 0.717) is 0 Å². The lowest BCUT2D eigenvalue weighted by molar-refractivity contribution is 0.332. The molecule has 0 unspecified atom stereocenters. The molecule has 0 aliphatic heterocycles. The number of benzene rings is 7. The fourth-order valence-electron chi connectivity index (χ4n) is 9.22. The molecule has 0 amide bonds. The van der Waals surface area contributed by atoms with Crippen molar-refractivity contribution in [3.05, 3.63) is 186 Å². The number of fused-ring (bicyclic) bond motifs is 4. The van der Waals surface area contributed by atoms with Gasteiger partial charge in [-0.15, -0.1) is 0 Å². The lowest BCUT2D eigenvalue weighted by Gasteiger charge is -2.42. The smallest absolute Gasteiger partial charge is 0.0543 e. The van der Waals surface area contributed by atoms with Crippen LogP contribution in [-0.4, -0.2) is 0 Å². The Morgan fingerprint density at radius 3 is 1.61 bits per heavy atom. The highest BCUT2D eigenvalue weighted by molar-refractivity contribution is 5.95. The molecule has 0 fully saturated rings. The number of anilines is 3. The van der Waals surface area contributed by atoms with Gasteiger partial charge in [0.25, 0.3) is 0 Å². The van der Waals surface area contributed by atoms with E-state index >= 15 is 0 Å². The van der Waals surface area contributed by atoms with E-state index in [2.05, 4.69) is 210 Å². The maximum Gasteiger partial charge on any atom is 0.0543 e. The van der Waals surface area contributed by atoms with Crippen molar-refractivity contribution in [3.63, 3.8) is 0 Å². The van der Waals surface area contributed by atoms with Crippen molar-refractivity contribution in [2.75, 3.05) is 4.90 Å². The van der Waals surface area contributed by atoms with Gasteiger partial charge in [0.1, 0.15) is 0 Å². The van der Waals surface area contributed by atoms with Crippen LogP contribution in [0.3, 0.4) is 0 Å². The van der Waals surface area contributed by atoms with E-state index in [1.54, 1.807) is 0 Å². The minimum absolute atomic E-state index is 0.110. The van der Waals surface area contributed by atoms with Crippen molar-refractivity contribution < 1.29 is 0 Å². The molecule has 9 rings (SSSR count). The van der Waals surface area contributed by atoms with Gasteiger partial charge in [-0.05, 0) is 127 Å². The van der Waals surface area contributed by atoms with Gasteiger partial charge >= 0.3 is 0 Å². The minimum Gasteiger partial charge on any atom is -0.310 e. The van der Waals surface area contributed by atoms with Crippen molar-refractivity contribution in [1.29, 1.82) is 0 Å². The Morgan fingerprint density at radius 2 is 0.907 bits per heavy atom. The maximum atomic E-state index is 2.53. The molecule has 2 aliphatic rings. The molecule has 54 heavy (non-hydrogen) atoms. The third kappa shape index (κ3) is 5.69. The van der Waals surface area contributed by atoms with Crippen LogP contribution in [0, 0.1) is 0 Å². The Balaban J connectivity index is 1.24. The van der Waals surface area contributed by atoms with E-state index in [9.17, 15) is 0 Å². The van der Waals surface area contributed by atoms with Crippen molar-refractivity contribution in [2.24, 2.45) is 0 Å². The standard InChI is InChI=1S/C53H49N/c1-51(2)30-31-52(3,4)49-33-40(26-29-47(49)51)44-34-45-43-22-13-14-23-46(43)53(5,6)48(45)35-50(44)54(41-20-11-8-12-21-41)42-27-24-37(25-28-42)39-19-15-18-38(32-39)36-16-9-7-10-17-36/h7-29,32-35H,30-31H2,1-6H3. The molecule has 1 nitrogen and oxygen atoms in total. The Kier molecular flexibility index (Phi) is 8.05. The molecule has 7 aromatic rings. The van der Waals surface area contributed by atoms with Crippen molar-refractivity contribution in [1.82, 2.24) is 0 Å². The molecule has 0 N–H and O–H groups in total. The quantitative estimate of drug-likeness (QED) is 0.167. The molecule has 0 heterocycles. The van der Waals surface area contributed by atoms with Crippen LogP contribution in [0.5, 0.6) is 0 Å². The average molecular weight is 700 g/mol. The molecule has 7 aromatic carbocycles. The third-order valence-electron chi connectivity index (χ3n) is 12.5. The second-order valence-electron chi connectivity index (χ2n) is 17.3. The van der Waals surface area contributed by atoms with Gasteiger partial charge in [0.05, 0.1) is 5.69 Å². The van der Waals surface area contributed by atoms with Crippen molar-refractivity contribution in [3.8, 4) is 44.5 Å². The molecule has 2 aliphatic carbocycles. The summed E-state index contributed by atoms with van der Waals surface area (Å²) >= 11 is 0. The van der Waals surface area contributed by atoms with E-state index in [0.717, 1.165) is 11.4 Å². The van der Waals surface area contributed by atoms with Crippen LogP contribution < -0.4 is 4.90 Å². The van der Waals surface area contributed by atoms with E-state index in [4.69, 9.17) is 0 Å². The summed E-state index contributed by atoms with van der Waals surface area (Å²) in [5, 5.41) is 0. The summed E-state index contributed by atoms with van der Waals surface area (Å²) in [4.78, 5) is 2.48. The fourth-order valence-corrected chi connectivity index (χ4v) is 9.22. The number of para-hydroxylation sites is 1. The molecule has 266 valence electrons. The van der Waals surface area contributed by atoms with E-state index < -0.39 is 0 Å². The molecule has 0 spiro atoms. The lowest BCUT2D eigenvalue weighted by Crippen LogP contribution is -2.33. The highest BCUT2D eigenvalue weighted by atomic mass is 15.1. The van der Waals surface area contributed by atoms with Gasteiger partial charge in [-0.2, -0.15) is 0 Å². The predicted octanol–water partition coefficient (Wildman–Crippen LogP) is 14.8. The van der Waals surface area contributed by atoms with Gasteiger partial charge in [-0.1, -0.05) is 163 Å². The first-order valence-electron chi connectivity index (χ1n) is 19.6. The Bertz CT molecular complexity index is 2500.